The van der Waals surface area contributed by atoms with Crippen LogP contribution in [-0.2, 0) is 24.2 Å². The monoisotopic (exact) mass is 581 g/mol. The number of carbonyl (C=O) groups excluding carboxylic acids is 2. The van der Waals surface area contributed by atoms with Gasteiger partial charge < -0.3 is 19.4 Å². The maximum Gasteiger partial charge on any atom is 1.00 e. The molecule has 0 fully saturated rings. The number of hydrogen-bond donors (Lipinski definition) is 0. The molecule has 1 amide bonds. The second-order valence-corrected chi connectivity index (χ2v) is 10.7. The fourth-order valence-electron chi connectivity index (χ4n) is 3.81. The van der Waals surface area contributed by atoms with Crippen molar-refractivity contribution in [1.29, 1.82) is 0 Å². The van der Waals surface area contributed by atoms with Crippen LogP contribution in [0.4, 0.5) is 0 Å². The number of hydrogen-bond acceptors (Lipinski definition) is 7. The van der Waals surface area contributed by atoms with Crippen molar-refractivity contribution < 1.29 is 91.0 Å². The van der Waals surface area contributed by atoms with E-state index in [1.54, 1.807) is 0 Å². The first kappa shape index (κ1) is 45.8. The van der Waals surface area contributed by atoms with Crippen molar-refractivity contribution in [2.75, 3.05) is 20.2 Å². The van der Waals surface area contributed by atoms with Gasteiger partial charge in [-0.15, -0.1) is 0 Å². The second kappa shape index (κ2) is 34.0. The third-order valence-corrected chi connectivity index (χ3v) is 6.47. The number of likely N-dealkylation sites (N-methyl/N-ethyl adjacent to an activating group) is 1. The Morgan fingerprint density at radius 2 is 1.00 bits per heavy atom. The number of carbonyl (C=O) groups is 2. The van der Waals surface area contributed by atoms with Crippen LogP contribution in [-0.4, -0.2) is 49.9 Å². The number of nitrogens with zero attached hydrogens (tertiary/aromatic N) is 1. The number of aliphatic carboxylic acids is 1. The molecule has 38 heavy (non-hydrogen) atoms. The van der Waals surface area contributed by atoms with Crippen LogP contribution in [0.25, 0.3) is 0 Å². The zero-order chi connectivity index (χ0) is 27.5. The van der Waals surface area contributed by atoms with Crippen LogP contribution in [0.15, 0.2) is 0 Å². The summed E-state index contributed by atoms with van der Waals surface area (Å²) >= 11 is 0. The van der Waals surface area contributed by atoms with Gasteiger partial charge in [0, 0.05) is 13.5 Å². The minimum absolute atomic E-state index is 0. The van der Waals surface area contributed by atoms with Gasteiger partial charge in [0.15, 0.2) is 0 Å². The molecule has 0 aliphatic heterocycles. The van der Waals surface area contributed by atoms with Gasteiger partial charge in [-0.3, -0.25) is 8.98 Å². The van der Waals surface area contributed by atoms with E-state index in [0.717, 1.165) is 25.7 Å². The Balaban J connectivity index is -0.000000291. The predicted molar refractivity (Wildman–Crippen MR) is 142 cm³/mol. The molecule has 0 aromatic carbocycles. The largest absolute Gasteiger partial charge is 1.00 e. The van der Waals surface area contributed by atoms with Gasteiger partial charge in [0.05, 0.1) is 19.1 Å². The van der Waals surface area contributed by atoms with Gasteiger partial charge in [-0.25, -0.2) is 8.42 Å². The molecule has 0 saturated heterocycles. The zero-order valence-electron chi connectivity index (χ0n) is 25.3. The van der Waals surface area contributed by atoms with Crippen molar-refractivity contribution in [3.8, 4) is 0 Å². The van der Waals surface area contributed by atoms with E-state index in [0.29, 0.717) is 12.8 Å². The molecular formula is C27H53NNa2O7S. The summed E-state index contributed by atoms with van der Waals surface area (Å²) in [5.41, 5.74) is 0. The van der Waals surface area contributed by atoms with Crippen LogP contribution in [0, 0.1) is 0 Å². The minimum Gasteiger partial charge on any atom is -0.726 e. The Kier molecular flexibility index (Phi) is 41.0. The van der Waals surface area contributed by atoms with Crippen LogP contribution in [0.1, 0.15) is 142 Å². The molecule has 0 unspecified atom stereocenters. The van der Waals surface area contributed by atoms with Crippen LogP contribution < -0.4 is 64.2 Å². The summed E-state index contributed by atoms with van der Waals surface area (Å²) in [6.07, 6.45) is 23.0. The van der Waals surface area contributed by atoms with E-state index in [1.165, 1.54) is 102 Å². The van der Waals surface area contributed by atoms with E-state index in [-0.39, 0.29) is 78.2 Å². The molecule has 0 N–H and O–H groups in total. The Bertz CT molecular complexity index is 623. The Morgan fingerprint density at radius 3 is 1.34 bits per heavy atom. The minimum atomic E-state index is -4.48. The number of amides is 1. The van der Waals surface area contributed by atoms with Gasteiger partial charge in [0.2, 0.25) is 16.3 Å². The van der Waals surface area contributed by atoms with Crippen LogP contribution in [0.5, 0.6) is 0 Å². The van der Waals surface area contributed by atoms with E-state index < -0.39 is 16.4 Å². The Hall–Kier alpha value is 0.810. The number of carboxylic acid groups (broad SMARTS) is 1. The maximum atomic E-state index is 11.5. The SMILES string of the molecule is CCCCCCCCCCCC(=O)N(C)CC(=O)[O-].CCCCCCCCCCCCOS(=O)(=O)[O-].[Na+].[Na+]. The zero-order valence-corrected chi connectivity index (χ0v) is 30.1. The summed E-state index contributed by atoms with van der Waals surface area (Å²) in [4.78, 5) is 23.1. The van der Waals surface area contributed by atoms with Gasteiger partial charge in [0.1, 0.15) is 0 Å². The molecule has 8 nitrogen and oxygen atoms in total. The summed E-state index contributed by atoms with van der Waals surface area (Å²) in [6.45, 7) is 4.15. The van der Waals surface area contributed by atoms with Crippen molar-refractivity contribution in [3.63, 3.8) is 0 Å². The quantitative estimate of drug-likeness (QED) is 0.0651. The summed E-state index contributed by atoms with van der Waals surface area (Å²) < 4.78 is 34.5. The summed E-state index contributed by atoms with van der Waals surface area (Å²) in [5.74, 6) is -1.31. The summed E-state index contributed by atoms with van der Waals surface area (Å²) in [5, 5.41) is 10.3. The molecule has 0 aromatic heterocycles. The van der Waals surface area contributed by atoms with E-state index in [1.807, 2.05) is 0 Å². The van der Waals surface area contributed by atoms with E-state index >= 15 is 0 Å². The molecule has 0 aliphatic rings. The molecule has 0 spiro atoms. The Labute approximate surface area is 278 Å². The average Bonchev–Trinajstić information content (AvgIpc) is 2.80. The predicted octanol–water partition coefficient (Wildman–Crippen LogP) is -0.492. The molecule has 0 rings (SSSR count). The van der Waals surface area contributed by atoms with Crippen molar-refractivity contribution >= 4 is 22.3 Å². The molecule has 0 saturated carbocycles. The van der Waals surface area contributed by atoms with Crippen molar-refractivity contribution in [2.24, 2.45) is 0 Å². The molecule has 0 atom stereocenters. The van der Waals surface area contributed by atoms with Gasteiger partial charge in [0.25, 0.3) is 0 Å². The van der Waals surface area contributed by atoms with Gasteiger partial charge in [-0.1, -0.05) is 123 Å². The first-order chi connectivity index (χ1) is 17.1. The summed E-state index contributed by atoms with van der Waals surface area (Å²) in [6, 6.07) is 0. The average molecular weight is 582 g/mol. The molecule has 216 valence electrons. The molecule has 0 radical (unpaired) electrons. The normalized spacial score (nSPS) is 10.5. The van der Waals surface area contributed by atoms with Crippen LogP contribution in [0.3, 0.4) is 0 Å². The van der Waals surface area contributed by atoms with Gasteiger partial charge >= 0.3 is 59.1 Å². The van der Waals surface area contributed by atoms with E-state index in [9.17, 15) is 27.7 Å². The second-order valence-electron chi connectivity index (χ2n) is 9.61. The number of unbranched alkanes of at least 4 members (excludes halogenated alkanes) is 17. The molecule has 0 aliphatic carbocycles. The van der Waals surface area contributed by atoms with Gasteiger partial charge in [-0.05, 0) is 12.8 Å². The smallest absolute Gasteiger partial charge is 0.726 e. The van der Waals surface area contributed by atoms with Crippen molar-refractivity contribution in [1.82, 2.24) is 4.90 Å². The fourth-order valence-corrected chi connectivity index (χ4v) is 4.13. The van der Waals surface area contributed by atoms with E-state index in [2.05, 4.69) is 18.0 Å². The van der Waals surface area contributed by atoms with Crippen molar-refractivity contribution in [3.05, 3.63) is 0 Å². The molecule has 0 bridgehead atoms. The fraction of sp³-hybridized carbons (Fsp3) is 0.926. The maximum absolute atomic E-state index is 11.5. The topological polar surface area (TPSA) is 127 Å². The molecule has 11 heteroatoms. The van der Waals surface area contributed by atoms with Crippen molar-refractivity contribution in [2.45, 2.75) is 142 Å². The van der Waals surface area contributed by atoms with E-state index in [4.69, 9.17) is 0 Å². The summed E-state index contributed by atoms with van der Waals surface area (Å²) in [7, 11) is -2.98. The molecular weight excluding hydrogens is 528 g/mol. The molecule has 0 heterocycles. The standard InChI is InChI=1S/C15H29NO3.C12H26O4S.2Na/c1-3-4-5-6-7-8-9-10-11-12-14(17)16(2)13-15(18)19;1-2-3-4-5-6-7-8-9-10-11-12-16-17(13,14)15;;/h3-13H2,1-2H3,(H,18,19);2-12H2,1H3,(H,13,14,15);;/q;;2*+1/p-2. The van der Waals surface area contributed by atoms with Gasteiger partial charge in [-0.2, -0.15) is 0 Å². The first-order valence-corrected chi connectivity index (χ1v) is 15.5. The number of rotatable bonds is 24. The Morgan fingerprint density at radius 1 is 0.658 bits per heavy atom. The van der Waals surface area contributed by atoms with Crippen LogP contribution >= 0.6 is 0 Å². The first-order valence-electron chi connectivity index (χ1n) is 14.2. The molecule has 0 aromatic rings. The third-order valence-electron chi connectivity index (χ3n) is 6.01. The third kappa shape index (κ3) is 41.3. The number of carboxylic acids is 1. The van der Waals surface area contributed by atoms with Crippen LogP contribution in [0.2, 0.25) is 0 Å².